The van der Waals surface area contributed by atoms with Crippen LogP contribution in [0.5, 0.6) is 5.75 Å². The molecular formula is C14H10BrClFNO. The lowest BCUT2D eigenvalue weighted by atomic mass is 10.1. The Bertz CT molecular complexity index is 635. The first kappa shape index (κ1) is 12.8. The van der Waals surface area contributed by atoms with Crippen LogP contribution >= 0.6 is 27.5 Å². The second kappa shape index (κ2) is 5.02. The van der Waals surface area contributed by atoms with E-state index in [4.69, 9.17) is 16.3 Å². The molecule has 0 aliphatic carbocycles. The summed E-state index contributed by atoms with van der Waals surface area (Å²) in [5.41, 5.74) is 1.83. The van der Waals surface area contributed by atoms with Crippen LogP contribution in [0, 0.1) is 5.82 Å². The summed E-state index contributed by atoms with van der Waals surface area (Å²) in [5.74, 6) is 0.431. The molecule has 0 saturated heterocycles. The summed E-state index contributed by atoms with van der Waals surface area (Å²) in [6.07, 6.45) is -0.164. The van der Waals surface area contributed by atoms with E-state index in [1.54, 1.807) is 18.2 Å². The number of ether oxygens (including phenoxy) is 1. The van der Waals surface area contributed by atoms with Crippen molar-refractivity contribution in [1.29, 1.82) is 0 Å². The predicted molar refractivity (Wildman–Crippen MR) is 77.4 cm³/mol. The van der Waals surface area contributed by atoms with Gasteiger partial charge in [0.05, 0.1) is 16.7 Å². The fraction of sp³-hybridized carbons (Fsp3) is 0.143. The van der Waals surface area contributed by atoms with Crippen LogP contribution in [0.25, 0.3) is 0 Å². The Morgan fingerprint density at radius 3 is 2.89 bits per heavy atom. The van der Waals surface area contributed by atoms with Gasteiger partial charge < -0.3 is 10.1 Å². The first-order chi connectivity index (χ1) is 9.13. The number of rotatable bonds is 1. The third-order valence-corrected chi connectivity index (χ3v) is 3.85. The van der Waals surface area contributed by atoms with Crippen LogP contribution in [0.15, 0.2) is 40.9 Å². The quantitative estimate of drug-likeness (QED) is 0.805. The first-order valence-corrected chi connectivity index (χ1v) is 6.95. The third kappa shape index (κ3) is 2.55. The summed E-state index contributed by atoms with van der Waals surface area (Å²) in [6.45, 7) is 0.632. The van der Waals surface area contributed by atoms with Crippen molar-refractivity contribution in [2.75, 3.05) is 11.9 Å². The van der Waals surface area contributed by atoms with E-state index in [9.17, 15) is 4.39 Å². The standard InChI is InChI=1S/C14H10BrClFNO/c15-10-5-8(1-3-11(10)17)14-7-18-12-4-2-9(16)6-13(12)19-14/h1-6,14,18H,7H2. The minimum Gasteiger partial charge on any atom is -0.482 e. The topological polar surface area (TPSA) is 21.3 Å². The van der Waals surface area contributed by atoms with Crippen molar-refractivity contribution < 1.29 is 9.13 Å². The van der Waals surface area contributed by atoms with E-state index in [2.05, 4.69) is 21.2 Å². The van der Waals surface area contributed by atoms with Crippen molar-refractivity contribution in [3.05, 3.63) is 57.3 Å². The van der Waals surface area contributed by atoms with Gasteiger partial charge in [0, 0.05) is 11.1 Å². The van der Waals surface area contributed by atoms with Crippen molar-refractivity contribution in [1.82, 2.24) is 0 Å². The summed E-state index contributed by atoms with van der Waals surface area (Å²) in [7, 11) is 0. The summed E-state index contributed by atoms with van der Waals surface area (Å²) in [4.78, 5) is 0. The van der Waals surface area contributed by atoms with E-state index in [1.807, 2.05) is 12.1 Å². The Hall–Kier alpha value is -1.26. The minimum atomic E-state index is -0.282. The van der Waals surface area contributed by atoms with Crippen molar-refractivity contribution >= 4 is 33.2 Å². The molecule has 1 aliphatic heterocycles. The van der Waals surface area contributed by atoms with Crippen molar-refractivity contribution in [2.24, 2.45) is 0 Å². The molecule has 0 bridgehead atoms. The Kier molecular flexibility index (Phi) is 3.37. The molecule has 1 atom stereocenters. The number of anilines is 1. The molecule has 0 saturated carbocycles. The molecule has 0 radical (unpaired) electrons. The van der Waals surface area contributed by atoms with E-state index in [0.717, 1.165) is 11.3 Å². The fourth-order valence-corrected chi connectivity index (χ4v) is 2.59. The molecule has 0 amide bonds. The van der Waals surface area contributed by atoms with Gasteiger partial charge in [0.2, 0.25) is 0 Å². The number of nitrogens with one attached hydrogen (secondary N) is 1. The van der Waals surface area contributed by atoms with E-state index in [0.29, 0.717) is 21.8 Å². The third-order valence-electron chi connectivity index (χ3n) is 3.01. The maximum atomic E-state index is 13.2. The van der Waals surface area contributed by atoms with Crippen LogP contribution in [0.1, 0.15) is 11.7 Å². The second-order valence-corrected chi connectivity index (χ2v) is 5.59. The molecule has 0 fully saturated rings. The van der Waals surface area contributed by atoms with Gasteiger partial charge in [-0.05, 0) is 45.8 Å². The number of halogens is 3. The van der Waals surface area contributed by atoms with Gasteiger partial charge in [-0.15, -0.1) is 0 Å². The molecule has 1 N–H and O–H groups in total. The Balaban J connectivity index is 1.90. The highest BCUT2D eigenvalue weighted by Gasteiger charge is 2.21. The maximum absolute atomic E-state index is 13.2. The van der Waals surface area contributed by atoms with Crippen LogP contribution in [0.3, 0.4) is 0 Å². The summed E-state index contributed by atoms with van der Waals surface area (Å²) < 4.78 is 19.6. The van der Waals surface area contributed by atoms with Gasteiger partial charge in [-0.25, -0.2) is 4.39 Å². The van der Waals surface area contributed by atoms with Gasteiger partial charge in [0.15, 0.2) is 0 Å². The largest absolute Gasteiger partial charge is 0.482 e. The lowest BCUT2D eigenvalue weighted by molar-refractivity contribution is 0.210. The van der Waals surface area contributed by atoms with Crippen molar-refractivity contribution in [3.8, 4) is 5.75 Å². The Morgan fingerprint density at radius 2 is 2.11 bits per heavy atom. The highest BCUT2D eigenvalue weighted by molar-refractivity contribution is 9.10. The monoisotopic (exact) mass is 341 g/mol. The number of fused-ring (bicyclic) bond motifs is 1. The highest BCUT2D eigenvalue weighted by Crippen LogP contribution is 2.36. The van der Waals surface area contributed by atoms with E-state index < -0.39 is 0 Å². The van der Waals surface area contributed by atoms with Gasteiger partial charge in [-0.3, -0.25) is 0 Å². The van der Waals surface area contributed by atoms with E-state index in [-0.39, 0.29) is 11.9 Å². The van der Waals surface area contributed by atoms with Crippen molar-refractivity contribution in [3.63, 3.8) is 0 Å². The van der Waals surface area contributed by atoms with E-state index >= 15 is 0 Å². The molecule has 0 aromatic heterocycles. The molecule has 2 nitrogen and oxygen atoms in total. The van der Waals surface area contributed by atoms with Crippen LogP contribution in [-0.4, -0.2) is 6.54 Å². The molecule has 2 aromatic carbocycles. The average molecular weight is 343 g/mol. The van der Waals surface area contributed by atoms with Crippen LogP contribution < -0.4 is 10.1 Å². The van der Waals surface area contributed by atoms with Gasteiger partial charge in [0.25, 0.3) is 0 Å². The van der Waals surface area contributed by atoms with Crippen LogP contribution in [-0.2, 0) is 0 Å². The molecular weight excluding hydrogens is 333 g/mol. The SMILES string of the molecule is Fc1ccc(C2CNc3ccc(Cl)cc3O2)cc1Br. The molecule has 2 aromatic rings. The van der Waals surface area contributed by atoms with Crippen LogP contribution in [0.2, 0.25) is 5.02 Å². The summed E-state index contributed by atoms with van der Waals surface area (Å²) in [6, 6.07) is 10.4. The predicted octanol–water partition coefficient (Wildman–Crippen LogP) is 4.79. The maximum Gasteiger partial charge on any atom is 0.144 e. The molecule has 3 rings (SSSR count). The van der Waals surface area contributed by atoms with Gasteiger partial charge in [-0.2, -0.15) is 0 Å². The summed E-state index contributed by atoms with van der Waals surface area (Å²) >= 11 is 9.14. The highest BCUT2D eigenvalue weighted by atomic mass is 79.9. The fourth-order valence-electron chi connectivity index (χ4n) is 2.04. The zero-order chi connectivity index (χ0) is 13.4. The molecule has 1 heterocycles. The second-order valence-electron chi connectivity index (χ2n) is 4.30. The molecule has 1 unspecified atom stereocenters. The molecule has 0 spiro atoms. The van der Waals surface area contributed by atoms with Crippen molar-refractivity contribution in [2.45, 2.75) is 6.10 Å². The molecule has 98 valence electrons. The lowest BCUT2D eigenvalue weighted by Crippen LogP contribution is -2.23. The van der Waals surface area contributed by atoms with Gasteiger partial charge in [0.1, 0.15) is 17.7 Å². The first-order valence-electron chi connectivity index (χ1n) is 5.78. The Labute approximate surface area is 123 Å². The van der Waals surface area contributed by atoms with Gasteiger partial charge in [-0.1, -0.05) is 17.7 Å². The Morgan fingerprint density at radius 1 is 1.26 bits per heavy atom. The zero-order valence-electron chi connectivity index (χ0n) is 9.79. The summed E-state index contributed by atoms with van der Waals surface area (Å²) in [5, 5.41) is 3.91. The average Bonchev–Trinajstić information content (AvgIpc) is 2.41. The minimum absolute atomic E-state index is 0.164. The zero-order valence-corrected chi connectivity index (χ0v) is 12.1. The smallest absolute Gasteiger partial charge is 0.144 e. The number of benzene rings is 2. The lowest BCUT2D eigenvalue weighted by Gasteiger charge is -2.28. The van der Waals surface area contributed by atoms with Crippen LogP contribution in [0.4, 0.5) is 10.1 Å². The van der Waals surface area contributed by atoms with E-state index in [1.165, 1.54) is 6.07 Å². The number of hydrogen-bond acceptors (Lipinski definition) is 2. The normalized spacial score (nSPS) is 17.3. The molecule has 19 heavy (non-hydrogen) atoms. The molecule has 5 heteroatoms. The molecule has 1 aliphatic rings. The number of hydrogen-bond donors (Lipinski definition) is 1. The van der Waals surface area contributed by atoms with Gasteiger partial charge >= 0.3 is 0 Å².